The molecule has 0 aliphatic carbocycles. The molecule has 3 rings (SSSR count). The Balaban J connectivity index is 0.00000300. The first-order valence-corrected chi connectivity index (χ1v) is 10.2. The van der Waals surface area contributed by atoms with Crippen LogP contribution in [0.3, 0.4) is 0 Å². The van der Waals surface area contributed by atoms with Gasteiger partial charge in [-0.15, -0.1) is 37.2 Å². The van der Waals surface area contributed by atoms with Gasteiger partial charge in [0.1, 0.15) is 0 Å². The highest BCUT2D eigenvalue weighted by molar-refractivity contribution is 5.86. The number of aromatic nitrogens is 1. The minimum absolute atomic E-state index is 0. The monoisotopic (exact) mass is 491 g/mol. The second-order valence-corrected chi connectivity index (χ2v) is 7.58. The smallest absolute Gasteiger partial charge is 0.161 e. The number of methoxy groups -OCH3 is 2. The Morgan fingerprint density at radius 2 is 1.45 bits per heavy atom. The van der Waals surface area contributed by atoms with E-state index in [1.54, 1.807) is 14.2 Å². The molecule has 1 aromatic heterocycles. The molecule has 0 unspecified atom stereocenters. The molecule has 0 saturated heterocycles. The van der Waals surface area contributed by atoms with Crippen molar-refractivity contribution in [1.82, 2.24) is 14.8 Å². The summed E-state index contributed by atoms with van der Waals surface area (Å²) in [4.78, 5) is 9.11. The average Bonchev–Trinajstić information content (AvgIpc) is 2.94. The van der Waals surface area contributed by atoms with Crippen molar-refractivity contribution in [3.05, 3.63) is 53.3 Å². The minimum Gasteiger partial charge on any atom is -0.493 e. The zero-order valence-electron chi connectivity index (χ0n) is 18.7. The van der Waals surface area contributed by atoms with Gasteiger partial charge in [-0.3, -0.25) is 4.98 Å². The first kappa shape index (κ1) is 29.8. The lowest BCUT2D eigenvalue weighted by molar-refractivity contribution is 0.254. The zero-order chi connectivity index (χ0) is 19.8. The molecule has 5 nitrogen and oxygen atoms in total. The lowest BCUT2D eigenvalue weighted by atomic mass is 10.0. The van der Waals surface area contributed by atoms with Gasteiger partial charge in [-0.2, -0.15) is 0 Å². The van der Waals surface area contributed by atoms with Gasteiger partial charge in [0.05, 0.1) is 14.2 Å². The van der Waals surface area contributed by atoms with Gasteiger partial charge in [-0.1, -0.05) is 0 Å². The summed E-state index contributed by atoms with van der Waals surface area (Å²) in [5, 5.41) is 0. The quantitative estimate of drug-likeness (QED) is 0.521. The predicted octanol–water partition coefficient (Wildman–Crippen LogP) is 4.33. The molecular formula is C23H36Cl3N3O2. The van der Waals surface area contributed by atoms with Crippen LogP contribution in [0.25, 0.3) is 0 Å². The van der Waals surface area contributed by atoms with Crippen molar-refractivity contribution in [3.8, 4) is 11.5 Å². The largest absolute Gasteiger partial charge is 0.493 e. The molecule has 0 saturated carbocycles. The molecule has 1 aliphatic heterocycles. The van der Waals surface area contributed by atoms with E-state index in [0.29, 0.717) is 0 Å². The summed E-state index contributed by atoms with van der Waals surface area (Å²) in [6.07, 6.45) is 8.19. The summed E-state index contributed by atoms with van der Waals surface area (Å²) in [6.45, 7) is 5.61. The fourth-order valence-electron chi connectivity index (χ4n) is 3.87. The van der Waals surface area contributed by atoms with E-state index in [-0.39, 0.29) is 37.2 Å². The van der Waals surface area contributed by atoms with Crippen LogP contribution >= 0.6 is 37.2 Å². The molecule has 0 bridgehead atoms. The van der Waals surface area contributed by atoms with Crippen LogP contribution in [0.2, 0.25) is 0 Å². The third-order valence-electron chi connectivity index (χ3n) is 5.65. The number of benzene rings is 1. The van der Waals surface area contributed by atoms with Crippen molar-refractivity contribution < 1.29 is 9.47 Å². The van der Waals surface area contributed by atoms with Crippen LogP contribution < -0.4 is 9.47 Å². The number of hydrogen-bond donors (Lipinski definition) is 0. The molecule has 0 N–H and O–H groups in total. The molecule has 31 heavy (non-hydrogen) atoms. The van der Waals surface area contributed by atoms with E-state index in [2.05, 4.69) is 46.1 Å². The number of ether oxygens (including phenoxy) is 2. The SMILES string of the molecule is COc1cc2c(cc1OC)CCN(CCCN(C)CCc1ccncc1)CC2.Cl.Cl.Cl. The van der Waals surface area contributed by atoms with E-state index in [0.717, 1.165) is 63.5 Å². The molecule has 0 spiro atoms. The van der Waals surface area contributed by atoms with E-state index in [1.165, 1.54) is 23.1 Å². The highest BCUT2D eigenvalue weighted by Gasteiger charge is 2.17. The summed E-state index contributed by atoms with van der Waals surface area (Å²) >= 11 is 0. The van der Waals surface area contributed by atoms with Gasteiger partial charge in [-0.25, -0.2) is 0 Å². The lowest BCUT2D eigenvalue weighted by Gasteiger charge is -2.22. The van der Waals surface area contributed by atoms with Crippen LogP contribution in [0.1, 0.15) is 23.1 Å². The van der Waals surface area contributed by atoms with Gasteiger partial charge in [-0.05, 0) is 86.8 Å². The molecule has 1 aromatic carbocycles. The zero-order valence-corrected chi connectivity index (χ0v) is 21.2. The first-order chi connectivity index (χ1) is 13.7. The van der Waals surface area contributed by atoms with Crippen LogP contribution in [0.15, 0.2) is 36.7 Å². The van der Waals surface area contributed by atoms with Gasteiger partial charge in [0, 0.05) is 32.0 Å². The molecule has 8 heteroatoms. The number of nitrogens with zero attached hydrogens (tertiary/aromatic N) is 3. The summed E-state index contributed by atoms with van der Waals surface area (Å²) in [6, 6.07) is 8.52. The van der Waals surface area contributed by atoms with E-state index >= 15 is 0 Å². The van der Waals surface area contributed by atoms with Crippen molar-refractivity contribution in [2.75, 3.05) is 54.0 Å². The fourth-order valence-corrected chi connectivity index (χ4v) is 3.87. The van der Waals surface area contributed by atoms with Crippen LogP contribution in [-0.2, 0) is 19.3 Å². The lowest BCUT2D eigenvalue weighted by Crippen LogP contribution is -2.31. The molecular weight excluding hydrogens is 457 g/mol. The number of likely N-dealkylation sites (N-methyl/N-ethyl adjacent to an activating group) is 1. The molecule has 0 radical (unpaired) electrons. The Kier molecular flexibility index (Phi) is 14.9. The summed E-state index contributed by atoms with van der Waals surface area (Å²) in [5.74, 6) is 1.68. The molecule has 2 aromatic rings. The van der Waals surface area contributed by atoms with Crippen LogP contribution in [0, 0.1) is 0 Å². The fraction of sp³-hybridized carbons (Fsp3) is 0.522. The standard InChI is InChI=1S/C23H33N3O2.3ClH/c1-25(14-7-19-5-10-24-11-6-19)12-4-13-26-15-8-20-17-22(27-2)23(28-3)18-21(20)9-16-26;;;/h5-6,10-11,17-18H,4,7-9,12-16H2,1-3H3;3*1H. The summed E-state index contributed by atoms with van der Waals surface area (Å²) in [5.41, 5.74) is 4.15. The molecule has 0 atom stereocenters. The van der Waals surface area contributed by atoms with Gasteiger partial charge in [0.15, 0.2) is 11.5 Å². The molecule has 2 heterocycles. The summed E-state index contributed by atoms with van der Waals surface area (Å²) < 4.78 is 10.9. The first-order valence-electron chi connectivity index (χ1n) is 10.2. The van der Waals surface area contributed by atoms with Crippen LogP contribution in [0.5, 0.6) is 11.5 Å². The Morgan fingerprint density at radius 1 is 0.903 bits per heavy atom. The maximum atomic E-state index is 5.47. The Labute approximate surface area is 205 Å². The minimum atomic E-state index is 0. The van der Waals surface area contributed by atoms with E-state index < -0.39 is 0 Å². The predicted molar refractivity (Wildman–Crippen MR) is 135 cm³/mol. The van der Waals surface area contributed by atoms with Crippen molar-refractivity contribution >= 4 is 37.2 Å². The number of hydrogen-bond acceptors (Lipinski definition) is 5. The third-order valence-corrected chi connectivity index (χ3v) is 5.65. The third kappa shape index (κ3) is 9.03. The number of halogens is 3. The topological polar surface area (TPSA) is 37.8 Å². The van der Waals surface area contributed by atoms with Crippen LogP contribution in [0.4, 0.5) is 0 Å². The average molecular weight is 493 g/mol. The molecule has 176 valence electrons. The maximum Gasteiger partial charge on any atom is 0.161 e. The van der Waals surface area contributed by atoms with Gasteiger partial charge in [0.2, 0.25) is 0 Å². The van der Waals surface area contributed by atoms with Crippen molar-refractivity contribution in [3.63, 3.8) is 0 Å². The number of pyridine rings is 1. The maximum absolute atomic E-state index is 5.47. The Hall–Kier alpha value is -1.24. The molecule has 1 aliphatic rings. The van der Waals surface area contributed by atoms with Gasteiger partial charge in [0.25, 0.3) is 0 Å². The number of rotatable bonds is 9. The van der Waals surface area contributed by atoms with E-state index in [1.807, 2.05) is 12.4 Å². The van der Waals surface area contributed by atoms with E-state index in [4.69, 9.17) is 9.47 Å². The molecule has 0 fully saturated rings. The second-order valence-electron chi connectivity index (χ2n) is 7.58. The second kappa shape index (κ2) is 15.5. The van der Waals surface area contributed by atoms with Crippen molar-refractivity contribution in [2.45, 2.75) is 25.7 Å². The van der Waals surface area contributed by atoms with Gasteiger partial charge < -0.3 is 19.3 Å². The highest BCUT2D eigenvalue weighted by Crippen LogP contribution is 2.32. The Bertz CT molecular complexity index is 715. The number of fused-ring (bicyclic) bond motifs is 1. The summed E-state index contributed by atoms with van der Waals surface area (Å²) in [7, 11) is 5.63. The van der Waals surface area contributed by atoms with Crippen LogP contribution in [-0.4, -0.2) is 68.8 Å². The van der Waals surface area contributed by atoms with Gasteiger partial charge >= 0.3 is 0 Å². The highest BCUT2D eigenvalue weighted by atomic mass is 35.5. The van der Waals surface area contributed by atoms with Crippen molar-refractivity contribution in [1.29, 1.82) is 0 Å². The van der Waals surface area contributed by atoms with Crippen molar-refractivity contribution in [2.24, 2.45) is 0 Å². The van der Waals surface area contributed by atoms with E-state index in [9.17, 15) is 0 Å². The molecule has 0 amide bonds. The normalized spacial score (nSPS) is 13.2. The Morgan fingerprint density at radius 3 is 1.97 bits per heavy atom.